The van der Waals surface area contributed by atoms with Crippen LogP contribution < -0.4 is 0 Å². The third-order valence-electron chi connectivity index (χ3n) is 6.24. The van der Waals surface area contributed by atoms with E-state index in [-0.39, 0.29) is 33.0 Å². The number of carbonyl (C=O) groups excluding carboxylic acids is 1. The lowest BCUT2D eigenvalue weighted by Crippen LogP contribution is -2.15. The van der Waals surface area contributed by atoms with Crippen LogP contribution in [-0.4, -0.2) is 34.5 Å². The minimum Gasteiger partial charge on any atom is -0.478 e. The van der Waals surface area contributed by atoms with E-state index in [4.69, 9.17) is 11.6 Å². The number of aromatic carboxylic acids is 1. The molecule has 1 heterocycles. The average molecular weight is 563 g/mol. The number of hydrogen-bond acceptors (Lipinski definition) is 5. The van der Waals surface area contributed by atoms with Crippen LogP contribution in [0.1, 0.15) is 31.8 Å². The summed E-state index contributed by atoms with van der Waals surface area (Å²) in [5, 5.41) is 14.1. The maximum atomic E-state index is 14.3. The lowest BCUT2D eigenvalue weighted by molar-refractivity contribution is 0.0696. The highest BCUT2D eigenvalue weighted by molar-refractivity contribution is 7.90. The summed E-state index contributed by atoms with van der Waals surface area (Å²) in [4.78, 5) is 24.3. The molecule has 0 spiro atoms. The van der Waals surface area contributed by atoms with Crippen molar-refractivity contribution in [2.45, 2.75) is 18.2 Å². The van der Waals surface area contributed by atoms with Crippen LogP contribution in [-0.2, 0) is 16.4 Å². The number of halogens is 2. The predicted molar refractivity (Wildman–Crippen MR) is 145 cm³/mol. The van der Waals surface area contributed by atoms with E-state index < -0.39 is 27.6 Å². The summed E-state index contributed by atoms with van der Waals surface area (Å²) in [6, 6.07) is 21.1. The summed E-state index contributed by atoms with van der Waals surface area (Å²) < 4.78 is 42.7. The molecule has 0 aliphatic rings. The van der Waals surface area contributed by atoms with Gasteiger partial charge >= 0.3 is 5.97 Å². The first kappa shape index (κ1) is 26.3. The molecule has 5 aromatic rings. The number of fused-ring (bicyclic) bond motifs is 1. The van der Waals surface area contributed by atoms with Crippen molar-refractivity contribution in [2.24, 2.45) is 0 Å². The van der Waals surface area contributed by atoms with Gasteiger partial charge in [-0.15, -0.1) is 0 Å². The van der Waals surface area contributed by atoms with E-state index in [9.17, 15) is 27.5 Å². The van der Waals surface area contributed by atoms with E-state index in [1.807, 2.05) is 0 Å². The van der Waals surface area contributed by atoms with E-state index >= 15 is 0 Å². The zero-order valence-electron chi connectivity index (χ0n) is 20.4. The van der Waals surface area contributed by atoms with Crippen molar-refractivity contribution in [1.29, 1.82) is 0 Å². The minimum atomic E-state index is -4.16. The number of aromatic nitrogens is 2. The van der Waals surface area contributed by atoms with Gasteiger partial charge in [-0.25, -0.2) is 9.18 Å². The first-order chi connectivity index (χ1) is 18.6. The molecule has 0 aliphatic heterocycles. The number of rotatable bonds is 7. The highest BCUT2D eigenvalue weighted by Crippen LogP contribution is 2.32. The van der Waals surface area contributed by atoms with Gasteiger partial charge in [-0.05, 0) is 60.5 Å². The average Bonchev–Trinajstić information content (AvgIpc) is 3.28. The lowest BCUT2D eigenvalue weighted by atomic mass is 10.00. The minimum absolute atomic E-state index is 0.0137. The third-order valence-corrected chi connectivity index (χ3v) is 8.14. The molecule has 7 nitrogen and oxygen atoms in total. The zero-order chi connectivity index (χ0) is 27.9. The SMILES string of the molecule is Cc1cccc(S(=O)(=O)n2nc(-c3ccc(C(=O)O)cc3)c3ccc(CC(=O)c4c(F)cccc4Cl)cc32)c1. The second-order valence-corrected chi connectivity index (χ2v) is 11.1. The van der Waals surface area contributed by atoms with Gasteiger partial charge < -0.3 is 5.11 Å². The highest BCUT2D eigenvalue weighted by Gasteiger charge is 2.25. The van der Waals surface area contributed by atoms with Crippen molar-refractivity contribution in [3.63, 3.8) is 0 Å². The van der Waals surface area contributed by atoms with E-state index in [1.165, 1.54) is 42.5 Å². The quantitative estimate of drug-likeness (QED) is 0.238. The number of carboxylic acids is 1. The standard InChI is InChI=1S/C29H20ClFN2O5S/c1-17-4-2-5-21(14-17)39(37,38)33-25-15-18(16-26(34)27-23(30)6-3-7-24(27)31)8-13-22(25)28(32-33)19-9-11-20(12-10-19)29(35)36/h2-15H,16H2,1H3,(H,35,36). The van der Waals surface area contributed by atoms with Crippen LogP contribution in [0.5, 0.6) is 0 Å². The molecular weight excluding hydrogens is 543 g/mol. The fraction of sp³-hybridized carbons (Fsp3) is 0.0690. The van der Waals surface area contributed by atoms with Crippen LogP contribution in [0.3, 0.4) is 0 Å². The molecule has 1 aromatic heterocycles. The Morgan fingerprint density at radius 3 is 2.36 bits per heavy atom. The predicted octanol–water partition coefficient (Wildman–Crippen LogP) is 6.16. The van der Waals surface area contributed by atoms with Gasteiger partial charge in [0.25, 0.3) is 10.0 Å². The molecule has 0 atom stereocenters. The van der Waals surface area contributed by atoms with Gasteiger partial charge in [0.2, 0.25) is 0 Å². The Hall–Kier alpha value is -4.34. The number of benzene rings is 4. The molecule has 0 radical (unpaired) electrons. The van der Waals surface area contributed by atoms with Crippen LogP contribution in [0.25, 0.3) is 22.2 Å². The fourth-order valence-corrected chi connectivity index (χ4v) is 5.98. The van der Waals surface area contributed by atoms with Crippen molar-refractivity contribution < 1.29 is 27.5 Å². The number of hydrogen-bond donors (Lipinski definition) is 1. The zero-order valence-corrected chi connectivity index (χ0v) is 22.0. The second kappa shape index (κ2) is 10.1. The first-order valence-electron chi connectivity index (χ1n) is 11.7. The molecular formula is C29H20ClFN2O5S. The van der Waals surface area contributed by atoms with Gasteiger partial charge in [0.15, 0.2) is 5.78 Å². The fourth-order valence-electron chi connectivity index (χ4n) is 4.33. The van der Waals surface area contributed by atoms with Crippen molar-refractivity contribution in [3.05, 3.63) is 118 Å². The molecule has 0 saturated carbocycles. The van der Waals surface area contributed by atoms with Crippen LogP contribution in [0.4, 0.5) is 4.39 Å². The molecule has 0 aliphatic carbocycles. The molecule has 1 N–H and O–H groups in total. The molecule has 39 heavy (non-hydrogen) atoms. The highest BCUT2D eigenvalue weighted by atomic mass is 35.5. The number of carboxylic acid groups (broad SMARTS) is 1. The molecule has 5 rings (SSSR count). The van der Waals surface area contributed by atoms with Crippen molar-refractivity contribution >= 4 is 44.3 Å². The molecule has 4 aromatic carbocycles. The van der Waals surface area contributed by atoms with Gasteiger partial charge in [0.05, 0.1) is 26.6 Å². The topological polar surface area (TPSA) is 106 Å². The first-order valence-corrected chi connectivity index (χ1v) is 13.5. The summed E-state index contributed by atoms with van der Waals surface area (Å²) >= 11 is 6.06. The van der Waals surface area contributed by atoms with E-state index in [1.54, 1.807) is 43.3 Å². The Balaban J connectivity index is 1.67. The number of carbonyl (C=O) groups is 2. The molecule has 196 valence electrons. The van der Waals surface area contributed by atoms with Crippen LogP contribution >= 0.6 is 11.6 Å². The number of aryl methyl sites for hydroxylation is 1. The van der Waals surface area contributed by atoms with Gasteiger partial charge in [-0.3, -0.25) is 4.79 Å². The normalized spacial score (nSPS) is 11.6. The van der Waals surface area contributed by atoms with Crippen LogP contribution in [0, 0.1) is 12.7 Å². The summed E-state index contributed by atoms with van der Waals surface area (Å²) in [6.45, 7) is 1.77. The van der Waals surface area contributed by atoms with Gasteiger partial charge in [0, 0.05) is 17.4 Å². The molecule has 0 saturated heterocycles. The van der Waals surface area contributed by atoms with Crippen molar-refractivity contribution in [1.82, 2.24) is 9.19 Å². The monoisotopic (exact) mass is 562 g/mol. The maximum absolute atomic E-state index is 14.3. The summed E-state index contributed by atoms with van der Waals surface area (Å²) in [5.74, 6) is -2.40. The second-order valence-electron chi connectivity index (χ2n) is 8.94. The Morgan fingerprint density at radius 2 is 1.69 bits per heavy atom. The molecule has 0 bridgehead atoms. The number of nitrogens with zero attached hydrogens (tertiary/aromatic N) is 2. The van der Waals surface area contributed by atoms with Crippen molar-refractivity contribution in [3.8, 4) is 11.3 Å². The Bertz CT molecular complexity index is 1860. The molecule has 0 unspecified atom stereocenters. The van der Waals surface area contributed by atoms with Crippen LogP contribution in [0.2, 0.25) is 5.02 Å². The Labute approximate surface area is 228 Å². The van der Waals surface area contributed by atoms with Gasteiger partial charge in [-0.2, -0.15) is 17.6 Å². The van der Waals surface area contributed by atoms with E-state index in [0.29, 0.717) is 22.2 Å². The summed E-state index contributed by atoms with van der Waals surface area (Å²) in [5.41, 5.74) is 2.03. The third kappa shape index (κ3) is 4.94. The molecule has 0 fully saturated rings. The Kier molecular flexibility index (Phi) is 6.80. The molecule has 0 amide bonds. The maximum Gasteiger partial charge on any atom is 0.335 e. The van der Waals surface area contributed by atoms with Gasteiger partial charge in [0.1, 0.15) is 11.5 Å². The van der Waals surface area contributed by atoms with Crippen LogP contribution in [0.15, 0.2) is 89.8 Å². The van der Waals surface area contributed by atoms with E-state index in [0.717, 1.165) is 15.7 Å². The van der Waals surface area contributed by atoms with E-state index in [2.05, 4.69) is 5.10 Å². The Morgan fingerprint density at radius 1 is 0.974 bits per heavy atom. The molecule has 10 heteroatoms. The lowest BCUT2D eigenvalue weighted by Gasteiger charge is -2.08. The van der Waals surface area contributed by atoms with Gasteiger partial charge in [-0.1, -0.05) is 54.1 Å². The summed E-state index contributed by atoms with van der Waals surface area (Å²) in [7, 11) is -4.16. The number of Topliss-reactive ketones (excluding diaryl/α,β-unsaturated/α-hetero) is 1. The summed E-state index contributed by atoms with van der Waals surface area (Å²) in [6.07, 6.45) is -0.227. The van der Waals surface area contributed by atoms with Crippen molar-refractivity contribution in [2.75, 3.05) is 0 Å². The smallest absolute Gasteiger partial charge is 0.335 e. The largest absolute Gasteiger partial charge is 0.478 e. The number of ketones is 1.